The van der Waals surface area contributed by atoms with E-state index < -0.39 is 11.4 Å². The Morgan fingerprint density at radius 1 is 1.44 bits per heavy atom. The average molecular weight is 371 g/mol. The van der Waals surface area contributed by atoms with Gasteiger partial charge in [-0.15, -0.1) is 0 Å². The molecule has 2 heterocycles. The largest absolute Gasteiger partial charge is 0.497 e. The van der Waals surface area contributed by atoms with Gasteiger partial charge in [0.25, 0.3) is 11.8 Å². The van der Waals surface area contributed by atoms with Crippen LogP contribution in [0.2, 0.25) is 0 Å². The standard InChI is InChI=1S/C18H21N5O4/c1-19-18(17(26)20-11-24,13-7-21-22(2)9-13)10-23-8-12-4-5-14(27-3)6-15(12)16(23)25/h4-7,9,11,19H,8,10H2,1-3H3,(H,20,24,26)/t18-/m0/s1. The van der Waals surface area contributed by atoms with E-state index in [0.717, 1.165) is 5.56 Å². The number of nitrogens with one attached hydrogen (secondary N) is 2. The van der Waals surface area contributed by atoms with Crippen molar-refractivity contribution in [2.24, 2.45) is 7.05 Å². The highest BCUT2D eigenvalue weighted by Gasteiger charge is 2.44. The Hall–Kier alpha value is -3.20. The molecule has 0 saturated heterocycles. The molecule has 2 aromatic rings. The molecule has 0 spiro atoms. The molecule has 0 aliphatic carbocycles. The van der Waals surface area contributed by atoms with Crippen molar-refractivity contribution < 1.29 is 19.1 Å². The minimum absolute atomic E-state index is 0.0324. The third kappa shape index (κ3) is 3.17. The number of amides is 3. The van der Waals surface area contributed by atoms with Gasteiger partial charge in [-0.1, -0.05) is 6.07 Å². The van der Waals surface area contributed by atoms with E-state index >= 15 is 0 Å². The number of carbonyl (C=O) groups excluding carboxylic acids is 3. The molecule has 1 aliphatic rings. The number of ether oxygens (including phenoxy) is 1. The number of hydrogen-bond acceptors (Lipinski definition) is 6. The minimum Gasteiger partial charge on any atom is -0.497 e. The van der Waals surface area contributed by atoms with E-state index in [1.165, 1.54) is 13.3 Å². The van der Waals surface area contributed by atoms with E-state index in [4.69, 9.17) is 4.74 Å². The molecule has 1 aliphatic heterocycles. The van der Waals surface area contributed by atoms with Crippen molar-refractivity contribution in [3.05, 3.63) is 47.3 Å². The smallest absolute Gasteiger partial charge is 0.254 e. The number of fused-ring (bicyclic) bond motifs is 1. The molecule has 3 amide bonds. The van der Waals surface area contributed by atoms with Crippen LogP contribution in [0.3, 0.4) is 0 Å². The van der Waals surface area contributed by atoms with Crippen LogP contribution < -0.4 is 15.4 Å². The number of benzene rings is 1. The van der Waals surface area contributed by atoms with Gasteiger partial charge in [-0.05, 0) is 24.7 Å². The van der Waals surface area contributed by atoms with E-state index in [0.29, 0.717) is 29.8 Å². The van der Waals surface area contributed by atoms with Gasteiger partial charge in [0.2, 0.25) is 6.41 Å². The third-order valence-corrected chi connectivity index (χ3v) is 4.83. The van der Waals surface area contributed by atoms with Crippen LogP contribution in [0, 0.1) is 0 Å². The fourth-order valence-electron chi connectivity index (χ4n) is 3.33. The van der Waals surface area contributed by atoms with Crippen LogP contribution in [0.15, 0.2) is 30.6 Å². The number of rotatable bonds is 7. The number of likely N-dealkylation sites (N-methyl/N-ethyl adjacent to an activating group) is 1. The Morgan fingerprint density at radius 2 is 2.22 bits per heavy atom. The van der Waals surface area contributed by atoms with Crippen molar-refractivity contribution in [3.8, 4) is 5.75 Å². The number of aryl methyl sites for hydroxylation is 1. The first kappa shape index (κ1) is 18.6. The zero-order valence-electron chi connectivity index (χ0n) is 15.4. The van der Waals surface area contributed by atoms with Crippen molar-refractivity contribution in [2.45, 2.75) is 12.1 Å². The van der Waals surface area contributed by atoms with Crippen LogP contribution in [0.25, 0.3) is 0 Å². The molecule has 0 unspecified atom stereocenters. The zero-order valence-corrected chi connectivity index (χ0v) is 15.4. The van der Waals surface area contributed by atoms with E-state index in [-0.39, 0.29) is 12.5 Å². The molecular formula is C18H21N5O4. The van der Waals surface area contributed by atoms with E-state index in [9.17, 15) is 14.4 Å². The minimum atomic E-state index is -1.32. The number of methoxy groups -OCH3 is 1. The number of carbonyl (C=O) groups is 3. The van der Waals surface area contributed by atoms with Gasteiger partial charge in [0, 0.05) is 30.9 Å². The maximum atomic E-state index is 12.9. The Balaban J connectivity index is 1.96. The monoisotopic (exact) mass is 371 g/mol. The average Bonchev–Trinajstić information content (AvgIpc) is 3.23. The number of imide groups is 1. The highest BCUT2D eigenvalue weighted by atomic mass is 16.5. The van der Waals surface area contributed by atoms with E-state index in [2.05, 4.69) is 15.7 Å². The van der Waals surface area contributed by atoms with Crippen LogP contribution in [-0.2, 0) is 28.7 Å². The quantitative estimate of drug-likeness (QED) is 0.652. The lowest BCUT2D eigenvalue weighted by Crippen LogP contribution is -2.59. The summed E-state index contributed by atoms with van der Waals surface area (Å²) in [6.07, 6.45) is 3.55. The molecule has 1 atom stereocenters. The van der Waals surface area contributed by atoms with Gasteiger partial charge in [-0.3, -0.25) is 24.4 Å². The van der Waals surface area contributed by atoms with Crippen LogP contribution in [0.4, 0.5) is 0 Å². The summed E-state index contributed by atoms with van der Waals surface area (Å²) in [5.41, 5.74) is 0.624. The van der Waals surface area contributed by atoms with Crippen molar-refractivity contribution in [3.63, 3.8) is 0 Å². The summed E-state index contributed by atoms with van der Waals surface area (Å²) >= 11 is 0. The summed E-state index contributed by atoms with van der Waals surface area (Å²) in [5, 5.41) is 9.30. The summed E-state index contributed by atoms with van der Waals surface area (Å²) in [7, 11) is 4.87. The molecule has 27 heavy (non-hydrogen) atoms. The molecule has 142 valence electrons. The fraction of sp³-hybridized carbons (Fsp3) is 0.333. The second kappa shape index (κ2) is 7.20. The molecule has 0 radical (unpaired) electrons. The third-order valence-electron chi connectivity index (χ3n) is 4.83. The van der Waals surface area contributed by atoms with Gasteiger partial charge in [0.05, 0.1) is 19.9 Å². The highest BCUT2D eigenvalue weighted by molar-refractivity contribution is 6.00. The van der Waals surface area contributed by atoms with Gasteiger partial charge in [0.15, 0.2) is 0 Å². The number of nitrogens with zero attached hydrogens (tertiary/aromatic N) is 3. The van der Waals surface area contributed by atoms with Crippen LogP contribution in [-0.4, -0.2) is 53.6 Å². The van der Waals surface area contributed by atoms with Gasteiger partial charge in [-0.25, -0.2) is 0 Å². The molecule has 2 N–H and O–H groups in total. The second-order valence-electron chi connectivity index (χ2n) is 6.33. The lowest BCUT2D eigenvalue weighted by Gasteiger charge is -2.34. The van der Waals surface area contributed by atoms with Crippen LogP contribution >= 0.6 is 0 Å². The van der Waals surface area contributed by atoms with E-state index in [1.807, 2.05) is 6.07 Å². The summed E-state index contributed by atoms with van der Waals surface area (Å²) in [6, 6.07) is 5.32. The molecule has 9 heteroatoms. The summed E-state index contributed by atoms with van der Waals surface area (Å²) < 4.78 is 6.75. The Kier molecular flexibility index (Phi) is 4.95. The predicted molar refractivity (Wildman–Crippen MR) is 95.9 cm³/mol. The SMILES string of the molecule is CN[C@](CN1Cc2ccc(OC)cc2C1=O)(C(=O)NC=O)c1cnn(C)c1. The maximum absolute atomic E-state index is 12.9. The number of aromatic nitrogens is 2. The van der Waals surface area contributed by atoms with Gasteiger partial charge >= 0.3 is 0 Å². The molecule has 0 saturated carbocycles. The number of hydrogen-bond donors (Lipinski definition) is 2. The van der Waals surface area contributed by atoms with Gasteiger partial charge in [0.1, 0.15) is 11.3 Å². The zero-order chi connectivity index (χ0) is 19.6. The molecule has 0 fully saturated rings. The fourth-order valence-corrected chi connectivity index (χ4v) is 3.33. The molecule has 0 bridgehead atoms. The lowest BCUT2D eigenvalue weighted by molar-refractivity contribution is -0.131. The van der Waals surface area contributed by atoms with Crippen LogP contribution in [0.1, 0.15) is 21.5 Å². The Labute approximate surface area is 156 Å². The first-order valence-corrected chi connectivity index (χ1v) is 8.34. The molecule has 3 rings (SSSR count). The van der Waals surface area contributed by atoms with E-state index in [1.54, 1.807) is 42.0 Å². The first-order chi connectivity index (χ1) is 12.9. The second-order valence-corrected chi connectivity index (χ2v) is 6.33. The van der Waals surface area contributed by atoms with Gasteiger partial charge in [-0.2, -0.15) is 5.10 Å². The maximum Gasteiger partial charge on any atom is 0.254 e. The molecule has 1 aromatic heterocycles. The van der Waals surface area contributed by atoms with Gasteiger partial charge < -0.3 is 15.0 Å². The van der Waals surface area contributed by atoms with Crippen molar-refractivity contribution in [1.29, 1.82) is 0 Å². The molecule has 9 nitrogen and oxygen atoms in total. The summed E-state index contributed by atoms with van der Waals surface area (Å²) in [6.45, 7) is 0.390. The van der Waals surface area contributed by atoms with Crippen molar-refractivity contribution in [1.82, 2.24) is 25.3 Å². The highest BCUT2D eigenvalue weighted by Crippen LogP contribution is 2.30. The topological polar surface area (TPSA) is 106 Å². The predicted octanol–water partition coefficient (Wildman–Crippen LogP) is -0.228. The van der Waals surface area contributed by atoms with Crippen LogP contribution in [0.5, 0.6) is 5.75 Å². The molecule has 1 aromatic carbocycles. The summed E-state index contributed by atoms with van der Waals surface area (Å²) in [4.78, 5) is 38.1. The first-order valence-electron chi connectivity index (χ1n) is 8.34. The Bertz CT molecular complexity index is 894. The summed E-state index contributed by atoms with van der Waals surface area (Å²) in [5.74, 6) is -0.171. The lowest BCUT2D eigenvalue weighted by atomic mass is 9.90. The van der Waals surface area contributed by atoms with Crippen molar-refractivity contribution >= 4 is 18.2 Å². The Morgan fingerprint density at radius 3 is 2.81 bits per heavy atom. The molecular weight excluding hydrogens is 350 g/mol. The van der Waals surface area contributed by atoms with Crippen molar-refractivity contribution in [2.75, 3.05) is 20.7 Å². The normalized spacial score (nSPS) is 15.2.